The third-order valence-electron chi connectivity index (χ3n) is 2.68. The first-order valence-corrected chi connectivity index (χ1v) is 6.82. The molecule has 0 saturated carbocycles. The smallest absolute Gasteiger partial charge is 0.259 e. The van der Waals surface area contributed by atoms with Crippen molar-refractivity contribution in [2.24, 2.45) is 0 Å². The summed E-state index contributed by atoms with van der Waals surface area (Å²) in [7, 11) is 0. The molecule has 1 aromatic heterocycles. The molecule has 0 unspecified atom stereocenters. The van der Waals surface area contributed by atoms with Gasteiger partial charge in [-0.2, -0.15) is 0 Å². The Bertz CT molecular complexity index is 654. The Morgan fingerprint density at radius 2 is 1.81 bits per heavy atom. The van der Waals surface area contributed by atoms with Crippen LogP contribution >= 0.6 is 11.6 Å². The molecular formula is C16H13ClN2O2. The highest BCUT2D eigenvalue weighted by molar-refractivity contribution is 6.37. The molecule has 0 bridgehead atoms. The second-order valence-electron chi connectivity index (χ2n) is 4.19. The second kappa shape index (κ2) is 7.36. The van der Waals surface area contributed by atoms with Gasteiger partial charge in [-0.15, -0.1) is 11.6 Å². The number of alkyl halides is 1. The number of amides is 1. The molecule has 106 valence electrons. The number of ketones is 1. The number of halogens is 1. The maximum Gasteiger partial charge on any atom is 0.259 e. The number of nitrogens with one attached hydrogen (secondary N) is 1. The highest BCUT2D eigenvalue weighted by Gasteiger charge is 2.17. The van der Waals surface area contributed by atoms with Gasteiger partial charge in [0.15, 0.2) is 5.78 Å². The van der Waals surface area contributed by atoms with Crippen LogP contribution in [0.4, 0.5) is 5.69 Å². The van der Waals surface area contributed by atoms with E-state index in [1.54, 1.807) is 48.7 Å². The Morgan fingerprint density at radius 3 is 2.43 bits per heavy atom. The molecule has 0 aliphatic carbocycles. The van der Waals surface area contributed by atoms with Crippen LogP contribution in [0.15, 0.2) is 60.3 Å². The van der Waals surface area contributed by atoms with Gasteiger partial charge in [0.25, 0.3) is 5.91 Å². The van der Waals surface area contributed by atoms with Crippen molar-refractivity contribution in [2.75, 3.05) is 11.2 Å². The molecule has 0 radical (unpaired) electrons. The molecule has 0 fully saturated rings. The predicted octanol–water partition coefficient (Wildman–Crippen LogP) is 2.91. The van der Waals surface area contributed by atoms with E-state index in [1.165, 1.54) is 6.08 Å². The fourth-order valence-corrected chi connectivity index (χ4v) is 1.82. The number of pyridine rings is 1. The van der Waals surface area contributed by atoms with Gasteiger partial charge >= 0.3 is 0 Å². The van der Waals surface area contributed by atoms with Gasteiger partial charge < -0.3 is 5.32 Å². The van der Waals surface area contributed by atoms with Crippen molar-refractivity contribution in [2.45, 2.75) is 0 Å². The first-order valence-electron chi connectivity index (χ1n) is 6.29. The summed E-state index contributed by atoms with van der Waals surface area (Å²) in [5.74, 6) is -1.21. The van der Waals surface area contributed by atoms with Gasteiger partial charge in [-0.25, -0.2) is 0 Å². The van der Waals surface area contributed by atoms with Crippen molar-refractivity contribution in [3.63, 3.8) is 0 Å². The Morgan fingerprint density at radius 1 is 1.10 bits per heavy atom. The zero-order valence-corrected chi connectivity index (χ0v) is 11.9. The Labute approximate surface area is 127 Å². The summed E-state index contributed by atoms with van der Waals surface area (Å²) in [6.45, 7) is 0. The third-order valence-corrected chi connectivity index (χ3v) is 2.92. The van der Waals surface area contributed by atoms with Crippen molar-refractivity contribution in [1.29, 1.82) is 0 Å². The van der Waals surface area contributed by atoms with Crippen LogP contribution in [0.3, 0.4) is 0 Å². The van der Waals surface area contributed by atoms with Crippen molar-refractivity contribution in [3.8, 4) is 0 Å². The number of nitrogens with zero attached hydrogens (tertiary/aromatic N) is 1. The fourth-order valence-electron chi connectivity index (χ4n) is 1.67. The molecule has 21 heavy (non-hydrogen) atoms. The summed E-state index contributed by atoms with van der Waals surface area (Å²) in [6.07, 6.45) is 3.02. The number of aromatic nitrogens is 1. The van der Waals surface area contributed by atoms with Gasteiger partial charge in [0.1, 0.15) is 0 Å². The van der Waals surface area contributed by atoms with Crippen LogP contribution in [0.1, 0.15) is 5.69 Å². The van der Waals surface area contributed by atoms with E-state index in [0.717, 1.165) is 0 Å². The molecule has 0 saturated heterocycles. The molecular weight excluding hydrogens is 288 g/mol. The molecule has 5 heteroatoms. The fraction of sp³-hybridized carbons (Fsp3) is 0.0625. The van der Waals surface area contributed by atoms with E-state index in [1.807, 2.05) is 6.07 Å². The minimum Gasteiger partial charge on any atom is -0.322 e. The SMILES string of the molecule is O=C(CCl)/C(=C/c1ccccn1)C(=O)Nc1ccccc1. The first kappa shape index (κ1) is 14.9. The monoisotopic (exact) mass is 300 g/mol. The predicted molar refractivity (Wildman–Crippen MR) is 83.0 cm³/mol. The van der Waals surface area contributed by atoms with Gasteiger partial charge in [0.2, 0.25) is 0 Å². The van der Waals surface area contributed by atoms with Crippen molar-refractivity contribution in [3.05, 3.63) is 66.0 Å². The Kier molecular flexibility index (Phi) is 5.23. The highest BCUT2D eigenvalue weighted by Crippen LogP contribution is 2.11. The molecule has 0 aliphatic heterocycles. The van der Waals surface area contributed by atoms with Crippen LogP contribution in [0.5, 0.6) is 0 Å². The summed E-state index contributed by atoms with van der Waals surface area (Å²) < 4.78 is 0. The number of carbonyl (C=O) groups excluding carboxylic acids is 2. The number of Topliss-reactive ketones (excluding diaryl/α,β-unsaturated/α-hetero) is 1. The molecule has 1 N–H and O–H groups in total. The molecule has 0 aliphatic rings. The van der Waals surface area contributed by atoms with Crippen molar-refractivity contribution < 1.29 is 9.59 Å². The summed E-state index contributed by atoms with van der Waals surface area (Å²) in [4.78, 5) is 28.2. The van der Waals surface area contributed by atoms with Crippen LogP contribution in [0, 0.1) is 0 Å². The van der Waals surface area contributed by atoms with Crippen LogP contribution in [0.2, 0.25) is 0 Å². The topological polar surface area (TPSA) is 59.1 Å². The summed E-state index contributed by atoms with van der Waals surface area (Å²) in [5, 5.41) is 2.66. The number of anilines is 1. The number of hydrogen-bond donors (Lipinski definition) is 1. The number of rotatable bonds is 5. The maximum atomic E-state index is 12.2. The van der Waals surface area contributed by atoms with Crippen molar-refractivity contribution in [1.82, 2.24) is 4.98 Å². The average molecular weight is 301 g/mol. The summed E-state index contributed by atoms with van der Waals surface area (Å²) in [5.41, 5.74) is 1.11. The van der Waals surface area contributed by atoms with E-state index in [0.29, 0.717) is 11.4 Å². The molecule has 0 atom stereocenters. The van der Waals surface area contributed by atoms with Crippen LogP contribution in [0.25, 0.3) is 6.08 Å². The molecule has 4 nitrogen and oxygen atoms in total. The first-order chi connectivity index (χ1) is 10.2. The minimum absolute atomic E-state index is 0.0208. The number of benzene rings is 1. The molecule has 2 rings (SSSR count). The third kappa shape index (κ3) is 4.26. The number of carbonyl (C=O) groups is 2. The maximum absolute atomic E-state index is 12.2. The highest BCUT2D eigenvalue weighted by atomic mass is 35.5. The normalized spacial score (nSPS) is 11.0. The molecule has 1 heterocycles. The molecule has 1 amide bonds. The van der Waals surface area contributed by atoms with E-state index >= 15 is 0 Å². The van der Waals surface area contributed by atoms with E-state index in [9.17, 15) is 9.59 Å². The summed E-state index contributed by atoms with van der Waals surface area (Å²) >= 11 is 5.57. The Hall–Kier alpha value is -2.46. The Balaban J connectivity index is 2.26. The minimum atomic E-state index is -0.502. The van der Waals surface area contributed by atoms with Gasteiger partial charge in [-0.05, 0) is 30.3 Å². The van der Waals surface area contributed by atoms with E-state index < -0.39 is 11.7 Å². The zero-order chi connectivity index (χ0) is 15.1. The second-order valence-corrected chi connectivity index (χ2v) is 4.46. The van der Waals surface area contributed by atoms with Gasteiger partial charge in [0.05, 0.1) is 17.1 Å². The van der Waals surface area contributed by atoms with Crippen LogP contribution in [-0.4, -0.2) is 22.6 Å². The van der Waals surface area contributed by atoms with Gasteiger partial charge in [-0.1, -0.05) is 24.3 Å². The van der Waals surface area contributed by atoms with E-state index in [-0.39, 0.29) is 11.5 Å². The van der Waals surface area contributed by atoms with Gasteiger partial charge in [0, 0.05) is 11.9 Å². The molecule has 0 spiro atoms. The standard InChI is InChI=1S/C16H13ClN2O2/c17-11-15(20)14(10-13-8-4-5-9-18-13)16(21)19-12-6-2-1-3-7-12/h1-10H,11H2,(H,19,21)/b14-10-. The average Bonchev–Trinajstić information content (AvgIpc) is 2.53. The largest absolute Gasteiger partial charge is 0.322 e. The van der Waals surface area contributed by atoms with Crippen LogP contribution < -0.4 is 5.32 Å². The van der Waals surface area contributed by atoms with Gasteiger partial charge in [-0.3, -0.25) is 14.6 Å². The van der Waals surface area contributed by atoms with Crippen molar-refractivity contribution >= 4 is 35.1 Å². The lowest BCUT2D eigenvalue weighted by Gasteiger charge is -2.07. The molecule has 2 aromatic rings. The lowest BCUT2D eigenvalue weighted by atomic mass is 10.1. The van der Waals surface area contributed by atoms with Crippen LogP contribution in [-0.2, 0) is 9.59 Å². The number of para-hydroxylation sites is 1. The number of hydrogen-bond acceptors (Lipinski definition) is 3. The zero-order valence-electron chi connectivity index (χ0n) is 11.1. The van der Waals surface area contributed by atoms with E-state index in [4.69, 9.17) is 11.6 Å². The molecule has 1 aromatic carbocycles. The van der Waals surface area contributed by atoms with E-state index in [2.05, 4.69) is 10.3 Å². The quantitative estimate of drug-likeness (QED) is 0.400. The lowest BCUT2D eigenvalue weighted by molar-refractivity contribution is -0.118. The summed E-state index contributed by atoms with van der Waals surface area (Å²) in [6, 6.07) is 14.1. The lowest BCUT2D eigenvalue weighted by Crippen LogP contribution is -2.21.